The molecule has 25 heavy (non-hydrogen) atoms. The molecule has 4 bridgehead atoms. The Labute approximate surface area is 148 Å². The summed E-state index contributed by atoms with van der Waals surface area (Å²) in [6.07, 6.45) is 9.04. The van der Waals surface area contributed by atoms with Gasteiger partial charge in [0.25, 0.3) is 5.91 Å². The van der Waals surface area contributed by atoms with Crippen LogP contribution >= 0.6 is 0 Å². The molecule has 5 nitrogen and oxygen atoms in total. The monoisotopic (exact) mass is 345 g/mol. The molecule has 2 N–H and O–H groups in total. The Kier molecular flexibility index (Phi) is 3.93. The van der Waals surface area contributed by atoms with Crippen LogP contribution in [0.15, 0.2) is 10.7 Å². The molecule has 4 aliphatic carbocycles. The third-order valence-corrected chi connectivity index (χ3v) is 6.94. The Balaban J connectivity index is 1.52. The summed E-state index contributed by atoms with van der Waals surface area (Å²) in [5.74, 6) is 1.58. The second kappa shape index (κ2) is 5.89. The second-order valence-electron chi connectivity index (χ2n) is 8.76. The van der Waals surface area contributed by atoms with Gasteiger partial charge in [-0.05, 0) is 75.5 Å². The fourth-order valence-corrected chi connectivity index (χ4v) is 6.20. The molecule has 5 heteroatoms. The van der Waals surface area contributed by atoms with E-state index in [1.807, 2.05) is 0 Å². The number of carbonyl (C=O) groups excluding carboxylic acids is 1. The molecule has 1 atom stereocenters. The normalized spacial score (nSPS) is 34.1. The first-order valence-electron chi connectivity index (χ1n) is 9.46. The van der Waals surface area contributed by atoms with Crippen molar-refractivity contribution in [1.82, 2.24) is 5.32 Å². The molecule has 0 aliphatic heterocycles. The summed E-state index contributed by atoms with van der Waals surface area (Å²) in [6.45, 7) is 3.93. The molecule has 1 unspecified atom stereocenters. The van der Waals surface area contributed by atoms with Gasteiger partial charge >= 0.3 is 5.97 Å². The first-order chi connectivity index (χ1) is 11.9. The third-order valence-electron chi connectivity index (χ3n) is 6.94. The van der Waals surface area contributed by atoms with E-state index in [1.54, 1.807) is 6.92 Å². The van der Waals surface area contributed by atoms with Crippen molar-refractivity contribution >= 4 is 11.9 Å². The van der Waals surface area contributed by atoms with Crippen molar-refractivity contribution < 1.29 is 19.1 Å². The minimum atomic E-state index is -0.988. The highest BCUT2D eigenvalue weighted by atomic mass is 16.4. The summed E-state index contributed by atoms with van der Waals surface area (Å²) in [6, 6.07) is 0.111. The van der Waals surface area contributed by atoms with Crippen LogP contribution in [0.2, 0.25) is 0 Å². The van der Waals surface area contributed by atoms with Gasteiger partial charge in [0.15, 0.2) is 0 Å². The maximum Gasteiger partial charge on any atom is 0.311 e. The maximum atomic E-state index is 12.9. The van der Waals surface area contributed by atoms with E-state index in [-0.39, 0.29) is 29.5 Å². The van der Waals surface area contributed by atoms with Crippen LogP contribution in [0.4, 0.5) is 0 Å². The first kappa shape index (κ1) is 16.7. The minimum absolute atomic E-state index is 0.111. The van der Waals surface area contributed by atoms with E-state index < -0.39 is 5.97 Å². The van der Waals surface area contributed by atoms with E-state index in [4.69, 9.17) is 9.52 Å². The van der Waals surface area contributed by atoms with E-state index in [0.29, 0.717) is 11.1 Å². The second-order valence-corrected chi connectivity index (χ2v) is 8.76. The van der Waals surface area contributed by atoms with E-state index in [2.05, 4.69) is 12.2 Å². The fraction of sp³-hybridized carbons (Fsp3) is 0.700. The SMILES string of the molecule is Cc1coc(CC(=O)O)c1C(=O)NC(C)C12CC3CC(CC(C3)C1)C2. The lowest BCUT2D eigenvalue weighted by molar-refractivity contribution is -0.136. The highest BCUT2D eigenvalue weighted by Crippen LogP contribution is 2.61. The molecule has 5 rings (SSSR count). The number of hydrogen-bond donors (Lipinski definition) is 2. The predicted octanol–water partition coefficient (Wildman–Crippen LogP) is 3.55. The van der Waals surface area contributed by atoms with Crippen molar-refractivity contribution in [1.29, 1.82) is 0 Å². The summed E-state index contributed by atoms with van der Waals surface area (Å²) >= 11 is 0. The molecule has 4 aliphatic rings. The molecule has 0 radical (unpaired) electrons. The third kappa shape index (κ3) is 2.87. The summed E-state index contributed by atoms with van der Waals surface area (Å²) in [4.78, 5) is 23.9. The fourth-order valence-electron chi connectivity index (χ4n) is 6.20. The largest absolute Gasteiger partial charge is 0.481 e. The molecule has 0 spiro atoms. The molecule has 4 fully saturated rings. The number of carboxylic acids is 1. The Bertz CT molecular complexity index is 669. The van der Waals surface area contributed by atoms with Gasteiger partial charge in [-0.25, -0.2) is 0 Å². The van der Waals surface area contributed by atoms with Crippen LogP contribution in [-0.4, -0.2) is 23.0 Å². The Morgan fingerprint density at radius 3 is 2.32 bits per heavy atom. The molecule has 136 valence electrons. The molecule has 0 saturated heterocycles. The number of nitrogens with one attached hydrogen (secondary N) is 1. The van der Waals surface area contributed by atoms with Crippen molar-refractivity contribution in [3.05, 3.63) is 23.2 Å². The Morgan fingerprint density at radius 2 is 1.80 bits per heavy atom. The smallest absolute Gasteiger partial charge is 0.311 e. The molecule has 1 aromatic rings. The van der Waals surface area contributed by atoms with Crippen molar-refractivity contribution in [2.75, 3.05) is 0 Å². The molecular weight excluding hydrogens is 318 g/mol. The maximum absolute atomic E-state index is 12.9. The number of amides is 1. The van der Waals surface area contributed by atoms with Crippen LogP contribution in [0.25, 0.3) is 0 Å². The lowest BCUT2D eigenvalue weighted by atomic mass is 9.48. The molecule has 1 amide bonds. The topological polar surface area (TPSA) is 79.5 Å². The van der Waals surface area contributed by atoms with Gasteiger partial charge in [0.05, 0.1) is 11.8 Å². The summed E-state index contributed by atoms with van der Waals surface area (Å²) in [5.41, 5.74) is 1.33. The lowest BCUT2D eigenvalue weighted by Gasteiger charge is -2.59. The van der Waals surface area contributed by atoms with Crippen LogP contribution in [0, 0.1) is 30.1 Å². The summed E-state index contributed by atoms with van der Waals surface area (Å²) in [7, 11) is 0. The van der Waals surface area contributed by atoms with E-state index in [1.165, 1.54) is 44.8 Å². The molecule has 1 aromatic heterocycles. The molecule has 0 aromatic carbocycles. The quantitative estimate of drug-likeness (QED) is 0.855. The number of hydrogen-bond acceptors (Lipinski definition) is 3. The van der Waals surface area contributed by atoms with Gasteiger partial charge in [0.1, 0.15) is 12.2 Å². The number of carboxylic acid groups (broad SMARTS) is 1. The summed E-state index contributed by atoms with van der Waals surface area (Å²) < 4.78 is 5.32. The average molecular weight is 345 g/mol. The predicted molar refractivity (Wildman–Crippen MR) is 92.3 cm³/mol. The van der Waals surface area contributed by atoms with Crippen LogP contribution in [0.3, 0.4) is 0 Å². The molecular formula is C20H27NO4. The van der Waals surface area contributed by atoms with Crippen LogP contribution in [0.5, 0.6) is 0 Å². The first-order valence-corrected chi connectivity index (χ1v) is 9.46. The van der Waals surface area contributed by atoms with E-state index >= 15 is 0 Å². The lowest BCUT2D eigenvalue weighted by Crippen LogP contribution is -2.55. The summed E-state index contributed by atoms with van der Waals surface area (Å²) in [5, 5.41) is 12.2. The average Bonchev–Trinajstić information content (AvgIpc) is 2.85. The highest BCUT2D eigenvalue weighted by Gasteiger charge is 2.53. The van der Waals surface area contributed by atoms with Gasteiger partial charge in [-0.1, -0.05) is 0 Å². The zero-order valence-corrected chi connectivity index (χ0v) is 15.0. The van der Waals surface area contributed by atoms with Crippen LogP contribution in [0.1, 0.15) is 67.1 Å². The highest BCUT2D eigenvalue weighted by molar-refractivity contribution is 5.97. The Hall–Kier alpha value is -1.78. The van der Waals surface area contributed by atoms with Gasteiger partial charge in [-0.15, -0.1) is 0 Å². The van der Waals surface area contributed by atoms with Gasteiger partial charge < -0.3 is 14.8 Å². The number of carbonyl (C=O) groups is 2. The molecule has 4 saturated carbocycles. The van der Waals surface area contributed by atoms with E-state index in [9.17, 15) is 9.59 Å². The molecule has 1 heterocycles. The zero-order valence-electron chi connectivity index (χ0n) is 15.0. The number of rotatable bonds is 5. The van der Waals surface area contributed by atoms with Crippen molar-refractivity contribution in [3.8, 4) is 0 Å². The van der Waals surface area contributed by atoms with Gasteiger partial charge in [0, 0.05) is 11.6 Å². The van der Waals surface area contributed by atoms with Crippen molar-refractivity contribution in [2.24, 2.45) is 23.2 Å². The number of aliphatic carboxylic acids is 1. The van der Waals surface area contributed by atoms with Gasteiger partial charge in [-0.2, -0.15) is 0 Å². The van der Waals surface area contributed by atoms with Gasteiger partial charge in [0.2, 0.25) is 0 Å². The van der Waals surface area contributed by atoms with E-state index in [0.717, 1.165) is 17.8 Å². The number of aryl methyl sites for hydroxylation is 1. The van der Waals surface area contributed by atoms with Crippen LogP contribution < -0.4 is 5.32 Å². The standard InChI is InChI=1S/C20H27NO4/c1-11-10-25-16(6-17(22)23)18(11)19(24)21-12(2)20-7-13-3-14(8-20)5-15(4-13)9-20/h10,12-15H,3-9H2,1-2H3,(H,21,24)(H,22,23). The minimum Gasteiger partial charge on any atom is -0.481 e. The number of furan rings is 1. The van der Waals surface area contributed by atoms with Crippen molar-refractivity contribution in [2.45, 2.75) is 64.8 Å². The van der Waals surface area contributed by atoms with Gasteiger partial charge in [-0.3, -0.25) is 9.59 Å². The Morgan fingerprint density at radius 1 is 1.24 bits per heavy atom. The zero-order chi connectivity index (χ0) is 17.8. The van der Waals surface area contributed by atoms with Crippen molar-refractivity contribution in [3.63, 3.8) is 0 Å². The van der Waals surface area contributed by atoms with Crippen LogP contribution in [-0.2, 0) is 11.2 Å².